The van der Waals surface area contributed by atoms with Gasteiger partial charge in [0.05, 0.1) is 11.4 Å². The topological polar surface area (TPSA) is 25.8 Å². The zero-order valence-corrected chi connectivity index (χ0v) is 31.9. The summed E-state index contributed by atoms with van der Waals surface area (Å²) < 4.78 is 0. The van der Waals surface area contributed by atoms with Crippen molar-refractivity contribution in [2.45, 2.75) is 19.3 Å². The lowest BCUT2D eigenvalue weighted by Crippen LogP contribution is -2.14. The summed E-state index contributed by atoms with van der Waals surface area (Å²) in [4.78, 5) is 10.5. The highest BCUT2D eigenvalue weighted by Crippen LogP contribution is 2.54. The molecule has 0 saturated heterocycles. The number of hydrogen-bond donors (Lipinski definition) is 0. The van der Waals surface area contributed by atoms with E-state index in [1.807, 2.05) is 6.07 Å². The van der Waals surface area contributed by atoms with Crippen LogP contribution in [0.15, 0.2) is 194 Å². The predicted molar refractivity (Wildman–Crippen MR) is 239 cm³/mol. The molecule has 2 heteroatoms. The van der Waals surface area contributed by atoms with Crippen molar-refractivity contribution in [3.63, 3.8) is 0 Å². The Morgan fingerprint density at radius 3 is 1.74 bits per heavy atom. The van der Waals surface area contributed by atoms with Gasteiger partial charge in [-0.1, -0.05) is 178 Å². The van der Waals surface area contributed by atoms with Gasteiger partial charge in [-0.3, -0.25) is 0 Å². The minimum absolute atomic E-state index is 0.114. The van der Waals surface area contributed by atoms with Crippen molar-refractivity contribution in [3.05, 3.63) is 205 Å². The average molecular weight is 727 g/mol. The molecule has 9 aromatic carbocycles. The van der Waals surface area contributed by atoms with E-state index in [-0.39, 0.29) is 5.41 Å². The number of benzene rings is 9. The van der Waals surface area contributed by atoms with E-state index in [9.17, 15) is 0 Å². The number of hydrogen-bond acceptors (Lipinski definition) is 2. The lowest BCUT2D eigenvalue weighted by Gasteiger charge is -2.22. The zero-order valence-electron chi connectivity index (χ0n) is 31.9. The molecule has 0 radical (unpaired) electrons. The highest BCUT2D eigenvalue weighted by molar-refractivity contribution is 6.08. The maximum absolute atomic E-state index is 5.29. The minimum atomic E-state index is -0.114. The third kappa shape index (κ3) is 5.48. The van der Waals surface area contributed by atoms with E-state index in [2.05, 4.69) is 202 Å². The smallest absolute Gasteiger partial charge is 0.160 e. The number of rotatable bonds is 5. The Morgan fingerprint density at radius 1 is 0.333 bits per heavy atom. The summed E-state index contributed by atoms with van der Waals surface area (Å²) >= 11 is 0. The summed E-state index contributed by atoms with van der Waals surface area (Å²) in [6, 6.07) is 70.2. The molecular weight excluding hydrogens is 689 g/mol. The third-order valence-electron chi connectivity index (χ3n) is 12.1. The van der Waals surface area contributed by atoms with Crippen LogP contribution in [0.3, 0.4) is 0 Å². The normalized spacial score (nSPS) is 12.9. The van der Waals surface area contributed by atoms with Crippen LogP contribution in [0.1, 0.15) is 25.0 Å². The fourth-order valence-electron chi connectivity index (χ4n) is 9.13. The second-order valence-corrected chi connectivity index (χ2v) is 15.8. The van der Waals surface area contributed by atoms with E-state index in [1.54, 1.807) is 0 Å². The van der Waals surface area contributed by atoms with Gasteiger partial charge in [0.25, 0.3) is 0 Å². The van der Waals surface area contributed by atoms with Gasteiger partial charge in [0, 0.05) is 22.1 Å². The van der Waals surface area contributed by atoms with Crippen LogP contribution in [-0.2, 0) is 5.41 Å². The van der Waals surface area contributed by atoms with Crippen molar-refractivity contribution in [2.24, 2.45) is 0 Å². The van der Waals surface area contributed by atoms with Gasteiger partial charge in [-0.05, 0) is 107 Å². The van der Waals surface area contributed by atoms with Crippen molar-refractivity contribution in [3.8, 4) is 67.3 Å². The van der Waals surface area contributed by atoms with E-state index >= 15 is 0 Å². The summed E-state index contributed by atoms with van der Waals surface area (Å²) in [6.45, 7) is 4.73. The van der Waals surface area contributed by atoms with Gasteiger partial charge in [-0.15, -0.1) is 0 Å². The lowest BCUT2D eigenvalue weighted by molar-refractivity contribution is 0.661. The number of aromatic nitrogens is 2. The van der Waals surface area contributed by atoms with Crippen LogP contribution < -0.4 is 0 Å². The van der Waals surface area contributed by atoms with Gasteiger partial charge in [0.1, 0.15) is 0 Å². The summed E-state index contributed by atoms with van der Waals surface area (Å²) in [5, 5.41) is 7.39. The van der Waals surface area contributed by atoms with Crippen LogP contribution in [0.2, 0.25) is 0 Å². The molecular formula is C55H38N2. The first-order chi connectivity index (χ1) is 28.0. The van der Waals surface area contributed by atoms with Crippen LogP contribution in [0.5, 0.6) is 0 Å². The average Bonchev–Trinajstić information content (AvgIpc) is 3.50. The molecule has 0 saturated carbocycles. The van der Waals surface area contributed by atoms with E-state index in [0.29, 0.717) is 5.82 Å². The Labute approximate surface area is 332 Å². The van der Waals surface area contributed by atoms with Crippen molar-refractivity contribution in [2.75, 3.05) is 0 Å². The first-order valence-corrected chi connectivity index (χ1v) is 19.7. The molecule has 1 aromatic heterocycles. The molecule has 1 heterocycles. The van der Waals surface area contributed by atoms with Gasteiger partial charge in [-0.2, -0.15) is 0 Å². The summed E-state index contributed by atoms with van der Waals surface area (Å²) in [6.07, 6.45) is 0. The second-order valence-electron chi connectivity index (χ2n) is 15.8. The molecule has 0 fully saturated rings. The third-order valence-corrected chi connectivity index (χ3v) is 12.1. The Balaban J connectivity index is 1.08. The molecule has 11 rings (SSSR count). The summed E-state index contributed by atoms with van der Waals surface area (Å²) in [7, 11) is 0. The molecule has 0 aliphatic heterocycles. The largest absolute Gasteiger partial charge is 0.228 e. The quantitative estimate of drug-likeness (QED) is 0.176. The number of fused-ring (bicyclic) bond motifs is 6. The molecule has 1 aliphatic rings. The first kappa shape index (κ1) is 33.2. The maximum atomic E-state index is 5.29. The molecule has 0 N–H and O–H groups in total. The SMILES string of the molecule is CC1(C)c2cc3ccccc3cc2-c2c(-c3ccc(-c4cc(-c5cccc(-c6ccc7ccccc7c6)c5)nc(-c5ccccc5)n4)c4ccccc34)cccc21. The molecule has 10 aromatic rings. The fraction of sp³-hybridized carbons (Fsp3) is 0.0545. The van der Waals surface area contributed by atoms with Gasteiger partial charge >= 0.3 is 0 Å². The summed E-state index contributed by atoms with van der Waals surface area (Å²) in [5.74, 6) is 0.708. The highest BCUT2D eigenvalue weighted by Gasteiger charge is 2.37. The Kier molecular flexibility index (Phi) is 7.55. The molecule has 0 unspecified atom stereocenters. The Morgan fingerprint density at radius 2 is 0.930 bits per heavy atom. The van der Waals surface area contributed by atoms with Crippen LogP contribution in [-0.4, -0.2) is 9.97 Å². The van der Waals surface area contributed by atoms with Gasteiger partial charge in [0.15, 0.2) is 5.82 Å². The van der Waals surface area contributed by atoms with Gasteiger partial charge < -0.3 is 0 Å². The van der Waals surface area contributed by atoms with Crippen LogP contribution in [0.25, 0.3) is 99.6 Å². The minimum Gasteiger partial charge on any atom is -0.228 e. The lowest BCUT2D eigenvalue weighted by atomic mass is 9.81. The van der Waals surface area contributed by atoms with Crippen molar-refractivity contribution in [1.29, 1.82) is 0 Å². The molecule has 0 amide bonds. The molecule has 0 atom stereocenters. The van der Waals surface area contributed by atoms with Crippen molar-refractivity contribution < 1.29 is 0 Å². The molecule has 268 valence electrons. The second kappa shape index (κ2) is 13.0. The van der Waals surface area contributed by atoms with E-state index in [1.165, 1.54) is 65.9 Å². The van der Waals surface area contributed by atoms with Gasteiger partial charge in [0.2, 0.25) is 0 Å². The van der Waals surface area contributed by atoms with Crippen LogP contribution in [0.4, 0.5) is 0 Å². The predicted octanol–water partition coefficient (Wildman–Crippen LogP) is 14.6. The molecule has 0 bridgehead atoms. The van der Waals surface area contributed by atoms with E-state index < -0.39 is 0 Å². The molecule has 0 spiro atoms. The van der Waals surface area contributed by atoms with Crippen molar-refractivity contribution >= 4 is 32.3 Å². The zero-order chi connectivity index (χ0) is 38.1. The Bertz CT molecular complexity index is 3210. The van der Waals surface area contributed by atoms with Gasteiger partial charge in [-0.25, -0.2) is 9.97 Å². The standard InChI is InChI=1S/C55H38N2/c1-55(2)49-25-13-24-47(53(49)48-32-39-18-8-9-19-40(39)33-50(48)55)45-28-29-46(44-23-11-10-22-43(44)45)52-34-51(56-54(57-52)36-15-4-3-5-16-36)42-21-12-20-38(31-42)41-27-26-35-14-6-7-17-37(35)30-41/h3-34H,1-2H3. The highest BCUT2D eigenvalue weighted by atomic mass is 14.9. The fourth-order valence-corrected chi connectivity index (χ4v) is 9.13. The molecule has 57 heavy (non-hydrogen) atoms. The molecule has 1 aliphatic carbocycles. The first-order valence-electron chi connectivity index (χ1n) is 19.7. The van der Waals surface area contributed by atoms with Crippen LogP contribution in [0, 0.1) is 0 Å². The van der Waals surface area contributed by atoms with Crippen LogP contribution >= 0.6 is 0 Å². The van der Waals surface area contributed by atoms with E-state index in [0.717, 1.165) is 39.0 Å². The van der Waals surface area contributed by atoms with Crippen molar-refractivity contribution in [1.82, 2.24) is 9.97 Å². The maximum Gasteiger partial charge on any atom is 0.160 e. The van der Waals surface area contributed by atoms with E-state index in [4.69, 9.17) is 9.97 Å². The monoisotopic (exact) mass is 726 g/mol. The number of nitrogens with zero attached hydrogens (tertiary/aromatic N) is 2. The molecule has 2 nitrogen and oxygen atoms in total. The summed E-state index contributed by atoms with van der Waals surface area (Å²) in [5.41, 5.74) is 15.0. The Hall–Kier alpha value is -7.16.